The van der Waals surface area contributed by atoms with E-state index in [1.807, 2.05) is 92.7 Å². The third-order valence-electron chi connectivity index (χ3n) is 7.08. The van der Waals surface area contributed by atoms with Crippen molar-refractivity contribution in [1.29, 1.82) is 0 Å². The predicted molar refractivity (Wildman–Crippen MR) is 163 cm³/mol. The molecule has 2 heterocycles. The SMILES string of the molecule is Cc1ccc(C(=O)CC(=CC(=C2SC(N3CCCCC3)=NC2=O)c2ccc(C)cc2)c2ccc(Cl)cc2)cc1. The molecule has 0 bridgehead atoms. The molecule has 198 valence electrons. The Morgan fingerprint density at radius 3 is 2.03 bits per heavy atom. The number of hydrogen-bond acceptors (Lipinski definition) is 4. The van der Waals surface area contributed by atoms with Crippen LogP contribution in [0.15, 0.2) is 88.8 Å². The number of amides is 1. The van der Waals surface area contributed by atoms with Gasteiger partial charge in [0.05, 0.1) is 4.91 Å². The maximum absolute atomic E-state index is 13.4. The van der Waals surface area contributed by atoms with Crippen LogP contribution in [0.4, 0.5) is 0 Å². The van der Waals surface area contributed by atoms with Gasteiger partial charge in [0.15, 0.2) is 11.0 Å². The minimum atomic E-state index is -0.229. The number of ketones is 1. The van der Waals surface area contributed by atoms with E-state index in [-0.39, 0.29) is 18.1 Å². The van der Waals surface area contributed by atoms with Gasteiger partial charge in [-0.2, -0.15) is 4.99 Å². The first-order valence-electron chi connectivity index (χ1n) is 13.3. The molecule has 3 aromatic rings. The number of nitrogens with zero attached hydrogens (tertiary/aromatic N) is 2. The molecule has 0 aliphatic carbocycles. The lowest BCUT2D eigenvalue weighted by molar-refractivity contribution is -0.113. The number of carbonyl (C=O) groups excluding carboxylic acids is 2. The van der Waals surface area contributed by atoms with E-state index < -0.39 is 0 Å². The fourth-order valence-electron chi connectivity index (χ4n) is 4.79. The van der Waals surface area contributed by atoms with Gasteiger partial charge in [-0.3, -0.25) is 9.59 Å². The third-order valence-corrected chi connectivity index (χ3v) is 8.46. The van der Waals surface area contributed by atoms with Crippen molar-refractivity contribution in [2.45, 2.75) is 39.5 Å². The Hall–Kier alpha value is -3.41. The molecule has 0 spiro atoms. The Morgan fingerprint density at radius 1 is 0.846 bits per heavy atom. The van der Waals surface area contributed by atoms with Gasteiger partial charge in [-0.15, -0.1) is 0 Å². The maximum atomic E-state index is 13.4. The minimum Gasteiger partial charge on any atom is -0.351 e. The molecule has 0 atom stereocenters. The highest BCUT2D eigenvalue weighted by molar-refractivity contribution is 8.18. The molecule has 1 saturated heterocycles. The quantitative estimate of drug-likeness (QED) is 0.228. The van der Waals surface area contributed by atoms with E-state index in [0.717, 1.165) is 64.5 Å². The Morgan fingerprint density at radius 2 is 1.41 bits per heavy atom. The van der Waals surface area contributed by atoms with Gasteiger partial charge in [0.25, 0.3) is 5.91 Å². The van der Waals surface area contributed by atoms with Crippen LogP contribution in [0.25, 0.3) is 11.1 Å². The van der Waals surface area contributed by atoms with Crippen molar-refractivity contribution in [2.24, 2.45) is 4.99 Å². The Balaban J connectivity index is 1.59. The fraction of sp³-hybridized carbons (Fsp3) is 0.242. The maximum Gasteiger partial charge on any atom is 0.286 e. The molecule has 1 amide bonds. The molecule has 0 saturated carbocycles. The number of hydrogen-bond donors (Lipinski definition) is 0. The van der Waals surface area contributed by atoms with E-state index in [1.54, 1.807) is 0 Å². The topological polar surface area (TPSA) is 49.7 Å². The van der Waals surface area contributed by atoms with Crippen LogP contribution in [0.1, 0.15) is 58.3 Å². The summed E-state index contributed by atoms with van der Waals surface area (Å²) in [6.07, 6.45) is 5.61. The van der Waals surface area contributed by atoms with Crippen molar-refractivity contribution in [1.82, 2.24) is 4.90 Å². The zero-order valence-electron chi connectivity index (χ0n) is 22.2. The van der Waals surface area contributed by atoms with Gasteiger partial charge in [0.1, 0.15) is 0 Å². The molecule has 0 radical (unpaired) electrons. The van der Waals surface area contributed by atoms with Crippen LogP contribution in [0.3, 0.4) is 0 Å². The molecule has 2 aliphatic heterocycles. The molecule has 5 rings (SSSR count). The monoisotopic (exact) mass is 554 g/mol. The third kappa shape index (κ3) is 6.60. The highest BCUT2D eigenvalue weighted by Gasteiger charge is 2.30. The molecule has 0 aromatic heterocycles. The summed E-state index contributed by atoms with van der Waals surface area (Å²) in [5, 5.41) is 1.40. The summed E-state index contributed by atoms with van der Waals surface area (Å²) < 4.78 is 0. The summed E-state index contributed by atoms with van der Waals surface area (Å²) in [6.45, 7) is 5.88. The van der Waals surface area contributed by atoms with Crippen molar-refractivity contribution >= 4 is 51.4 Å². The van der Waals surface area contributed by atoms with Crippen LogP contribution >= 0.6 is 23.4 Å². The Kier molecular flexibility index (Phi) is 8.49. The van der Waals surface area contributed by atoms with Crippen LogP contribution < -0.4 is 0 Å². The van der Waals surface area contributed by atoms with Crippen molar-refractivity contribution in [3.05, 3.63) is 117 Å². The first-order chi connectivity index (χ1) is 18.9. The molecular weight excluding hydrogens is 524 g/mol. The summed E-state index contributed by atoms with van der Waals surface area (Å²) in [7, 11) is 0. The fourth-order valence-corrected chi connectivity index (χ4v) is 5.96. The van der Waals surface area contributed by atoms with Crippen LogP contribution in [0.2, 0.25) is 5.02 Å². The normalized spacial score (nSPS) is 17.3. The van der Waals surface area contributed by atoms with Crippen LogP contribution in [-0.4, -0.2) is 34.8 Å². The van der Waals surface area contributed by atoms with Crippen molar-refractivity contribution in [3.8, 4) is 0 Å². The molecule has 0 unspecified atom stereocenters. The number of aliphatic imine (C=N–C) groups is 1. The van der Waals surface area contributed by atoms with Gasteiger partial charge in [-0.1, -0.05) is 83.4 Å². The van der Waals surface area contributed by atoms with Crippen LogP contribution in [0.5, 0.6) is 0 Å². The zero-order valence-corrected chi connectivity index (χ0v) is 23.8. The molecule has 3 aromatic carbocycles. The lowest BCUT2D eigenvalue weighted by Crippen LogP contribution is -2.33. The van der Waals surface area contributed by atoms with Gasteiger partial charge in [-0.25, -0.2) is 0 Å². The smallest absolute Gasteiger partial charge is 0.286 e. The highest BCUT2D eigenvalue weighted by Crippen LogP contribution is 2.38. The van der Waals surface area contributed by atoms with E-state index in [2.05, 4.69) is 9.89 Å². The summed E-state index contributed by atoms with van der Waals surface area (Å²) in [5.41, 5.74) is 6.30. The van der Waals surface area contributed by atoms with E-state index in [1.165, 1.54) is 18.2 Å². The second-order valence-electron chi connectivity index (χ2n) is 10.1. The van der Waals surface area contributed by atoms with Crippen molar-refractivity contribution < 1.29 is 9.59 Å². The number of aryl methyl sites for hydroxylation is 2. The van der Waals surface area contributed by atoms with Gasteiger partial charge in [0, 0.05) is 35.7 Å². The molecule has 2 aliphatic rings. The molecule has 1 fully saturated rings. The average Bonchev–Trinajstić information content (AvgIpc) is 3.34. The number of benzene rings is 3. The summed E-state index contributed by atoms with van der Waals surface area (Å²) >= 11 is 7.64. The van der Waals surface area contributed by atoms with Gasteiger partial charge in [-0.05, 0) is 79.8 Å². The number of halogens is 1. The molecular formula is C33H31ClN2O2S. The van der Waals surface area contributed by atoms with Gasteiger partial charge >= 0.3 is 0 Å². The molecule has 4 nitrogen and oxygen atoms in total. The number of thioether (sulfide) groups is 1. The Labute approximate surface area is 239 Å². The lowest BCUT2D eigenvalue weighted by atomic mass is 9.93. The first-order valence-corrected chi connectivity index (χ1v) is 14.5. The summed E-state index contributed by atoms with van der Waals surface area (Å²) in [5.74, 6) is -0.215. The number of rotatable bonds is 6. The number of piperidine rings is 1. The number of amidine groups is 1. The largest absolute Gasteiger partial charge is 0.351 e. The van der Waals surface area contributed by atoms with Crippen LogP contribution in [-0.2, 0) is 4.79 Å². The first kappa shape index (κ1) is 27.2. The number of likely N-dealkylation sites (tertiary alicyclic amines) is 1. The lowest BCUT2D eigenvalue weighted by Gasteiger charge is -2.27. The number of carbonyl (C=O) groups is 2. The Bertz CT molecular complexity index is 1460. The summed E-state index contributed by atoms with van der Waals surface area (Å²) in [6, 6.07) is 23.3. The van der Waals surface area contributed by atoms with E-state index in [4.69, 9.17) is 11.6 Å². The van der Waals surface area contributed by atoms with Crippen LogP contribution in [0, 0.1) is 13.8 Å². The molecule has 0 N–H and O–H groups in total. The van der Waals surface area contributed by atoms with Gasteiger partial charge < -0.3 is 4.90 Å². The second kappa shape index (κ2) is 12.2. The van der Waals surface area contributed by atoms with Crippen molar-refractivity contribution in [2.75, 3.05) is 13.1 Å². The highest BCUT2D eigenvalue weighted by atomic mass is 35.5. The van der Waals surface area contributed by atoms with Gasteiger partial charge in [0.2, 0.25) is 0 Å². The molecule has 6 heteroatoms. The average molecular weight is 555 g/mol. The van der Waals surface area contributed by atoms with Crippen molar-refractivity contribution in [3.63, 3.8) is 0 Å². The number of Topliss-reactive ketones (excluding diaryl/α,β-unsaturated/α-hetero) is 1. The van der Waals surface area contributed by atoms with E-state index in [0.29, 0.717) is 15.5 Å². The number of allylic oxidation sites excluding steroid dienone is 3. The van der Waals surface area contributed by atoms with E-state index in [9.17, 15) is 9.59 Å². The predicted octanol–water partition coefficient (Wildman–Crippen LogP) is 8.14. The zero-order chi connectivity index (χ0) is 27.4. The van der Waals surface area contributed by atoms with E-state index >= 15 is 0 Å². The second-order valence-corrected chi connectivity index (χ2v) is 11.5. The summed E-state index contributed by atoms with van der Waals surface area (Å²) in [4.78, 5) is 34.0. The minimum absolute atomic E-state index is 0.0140. The standard InChI is InChI=1S/C33H31ClN2O2S/c1-22-6-10-25(11-7-22)29(31-32(38)35-33(39-31)36-18-4-3-5-19-36)20-27(24-14-16-28(34)17-15-24)21-30(37)26-12-8-23(2)9-13-26/h6-17,20H,3-5,18-19,21H2,1-2H3. The molecule has 39 heavy (non-hydrogen) atoms.